The van der Waals surface area contributed by atoms with E-state index in [4.69, 9.17) is 11.6 Å². The minimum Gasteiger partial charge on any atom is -0.308 e. The second-order valence-corrected chi connectivity index (χ2v) is 6.37. The number of hydrogen-bond acceptors (Lipinski definition) is 3. The van der Waals surface area contributed by atoms with Crippen LogP contribution in [0.5, 0.6) is 0 Å². The predicted octanol–water partition coefficient (Wildman–Crippen LogP) is 3.85. The van der Waals surface area contributed by atoms with Gasteiger partial charge < -0.3 is 5.32 Å². The maximum absolute atomic E-state index is 5.85. The molecule has 1 aromatic rings. The molecule has 1 heterocycles. The van der Waals surface area contributed by atoms with Crippen LogP contribution in [0.1, 0.15) is 44.0 Å². The van der Waals surface area contributed by atoms with Crippen molar-refractivity contribution in [1.29, 1.82) is 0 Å². The number of rotatable bonds is 4. The first-order chi connectivity index (χ1) is 7.75. The third-order valence-electron chi connectivity index (χ3n) is 3.46. The Labute approximate surface area is 106 Å². The van der Waals surface area contributed by atoms with Crippen LogP contribution in [0, 0.1) is 5.92 Å². The van der Waals surface area contributed by atoms with E-state index in [-0.39, 0.29) is 0 Å². The van der Waals surface area contributed by atoms with E-state index in [0.717, 1.165) is 21.8 Å². The lowest BCUT2D eigenvalue weighted by Crippen LogP contribution is -2.34. The first-order valence-corrected chi connectivity index (χ1v) is 7.29. The van der Waals surface area contributed by atoms with Crippen LogP contribution in [0.15, 0.2) is 6.20 Å². The molecule has 4 heteroatoms. The molecule has 0 aromatic carbocycles. The molecular formula is C12H19ClN2S. The summed E-state index contributed by atoms with van der Waals surface area (Å²) in [7, 11) is 0. The molecule has 0 saturated heterocycles. The highest BCUT2D eigenvalue weighted by Gasteiger charge is 2.19. The van der Waals surface area contributed by atoms with Crippen molar-refractivity contribution in [1.82, 2.24) is 10.3 Å². The fourth-order valence-corrected chi connectivity index (χ4v) is 3.33. The van der Waals surface area contributed by atoms with E-state index in [2.05, 4.69) is 17.2 Å². The van der Waals surface area contributed by atoms with Crippen LogP contribution in [0.4, 0.5) is 0 Å². The molecule has 1 aliphatic carbocycles. The zero-order valence-corrected chi connectivity index (χ0v) is 11.3. The highest BCUT2D eigenvalue weighted by atomic mass is 35.5. The molecule has 1 fully saturated rings. The van der Waals surface area contributed by atoms with Gasteiger partial charge in [0.15, 0.2) is 0 Å². The van der Waals surface area contributed by atoms with Crippen molar-refractivity contribution in [3.63, 3.8) is 0 Å². The van der Waals surface area contributed by atoms with Crippen molar-refractivity contribution in [3.8, 4) is 0 Å². The topological polar surface area (TPSA) is 24.9 Å². The Bertz CT molecular complexity index is 321. The van der Waals surface area contributed by atoms with E-state index in [1.807, 2.05) is 0 Å². The fourth-order valence-electron chi connectivity index (χ4n) is 2.42. The first-order valence-electron chi connectivity index (χ1n) is 6.09. The van der Waals surface area contributed by atoms with Crippen molar-refractivity contribution >= 4 is 22.9 Å². The molecule has 0 unspecified atom stereocenters. The van der Waals surface area contributed by atoms with Gasteiger partial charge in [-0.15, -0.1) is 11.3 Å². The zero-order valence-electron chi connectivity index (χ0n) is 9.71. The first kappa shape index (κ1) is 12.3. The summed E-state index contributed by atoms with van der Waals surface area (Å²) in [5.41, 5.74) is 0. The molecule has 90 valence electrons. The minimum absolute atomic E-state index is 0.600. The normalized spacial score (nSPS) is 19.9. The number of halogens is 1. The van der Waals surface area contributed by atoms with Gasteiger partial charge in [-0.05, 0) is 25.7 Å². The molecule has 0 aliphatic heterocycles. The average molecular weight is 259 g/mol. The summed E-state index contributed by atoms with van der Waals surface area (Å²) in [4.78, 5) is 4.26. The monoisotopic (exact) mass is 258 g/mol. The van der Waals surface area contributed by atoms with E-state index in [9.17, 15) is 0 Å². The largest absolute Gasteiger partial charge is 0.308 e. The summed E-state index contributed by atoms with van der Waals surface area (Å²) < 4.78 is 0.780. The Hall–Kier alpha value is -0.120. The molecule has 16 heavy (non-hydrogen) atoms. The van der Waals surface area contributed by atoms with Crippen molar-refractivity contribution in [2.75, 3.05) is 0 Å². The van der Waals surface area contributed by atoms with Crippen LogP contribution in [-0.2, 0) is 6.54 Å². The van der Waals surface area contributed by atoms with Gasteiger partial charge in [0, 0.05) is 12.6 Å². The molecule has 1 aliphatic rings. The number of thiazole rings is 1. The molecule has 2 rings (SSSR count). The number of nitrogens with zero attached hydrogens (tertiary/aromatic N) is 1. The second kappa shape index (κ2) is 5.99. The van der Waals surface area contributed by atoms with Crippen LogP contribution in [0.2, 0.25) is 4.34 Å². The lowest BCUT2D eigenvalue weighted by molar-refractivity contribution is 0.280. The molecular weight excluding hydrogens is 240 g/mol. The second-order valence-electron chi connectivity index (χ2n) is 4.63. The quantitative estimate of drug-likeness (QED) is 0.887. The van der Waals surface area contributed by atoms with Crippen molar-refractivity contribution < 1.29 is 0 Å². The molecule has 1 atom stereocenters. The molecule has 1 aromatic heterocycles. The van der Waals surface area contributed by atoms with Gasteiger partial charge in [0.05, 0.1) is 6.20 Å². The third kappa shape index (κ3) is 3.44. The third-order valence-corrected chi connectivity index (χ3v) is 4.57. The Kier molecular flexibility index (Phi) is 4.62. The highest BCUT2D eigenvalue weighted by molar-refractivity contribution is 7.15. The predicted molar refractivity (Wildman–Crippen MR) is 70.0 cm³/mol. The Morgan fingerprint density at radius 2 is 2.25 bits per heavy atom. The van der Waals surface area contributed by atoms with Crippen LogP contribution >= 0.6 is 22.9 Å². The average Bonchev–Trinajstić information content (AvgIpc) is 2.73. The summed E-state index contributed by atoms with van der Waals surface area (Å²) >= 11 is 7.42. The van der Waals surface area contributed by atoms with Crippen LogP contribution in [0.3, 0.4) is 0 Å². The standard InChI is InChI=1S/C12H19ClN2S/c1-9(10-5-3-2-4-6-10)14-8-12-15-7-11(13)16-12/h7,9-10,14H,2-6,8H2,1H3/t9-/m0/s1. The van der Waals surface area contributed by atoms with E-state index in [1.165, 1.54) is 32.1 Å². The van der Waals surface area contributed by atoms with Crippen molar-refractivity contribution in [2.45, 2.75) is 51.6 Å². The van der Waals surface area contributed by atoms with Gasteiger partial charge in [-0.1, -0.05) is 30.9 Å². The van der Waals surface area contributed by atoms with Crippen molar-refractivity contribution in [2.24, 2.45) is 5.92 Å². The highest BCUT2D eigenvalue weighted by Crippen LogP contribution is 2.26. The van der Waals surface area contributed by atoms with Crippen LogP contribution in [0.25, 0.3) is 0 Å². The molecule has 2 nitrogen and oxygen atoms in total. The lowest BCUT2D eigenvalue weighted by atomic mass is 9.84. The smallest absolute Gasteiger partial charge is 0.113 e. The number of nitrogens with one attached hydrogen (secondary N) is 1. The van der Waals surface area contributed by atoms with Crippen LogP contribution in [-0.4, -0.2) is 11.0 Å². The van der Waals surface area contributed by atoms with Crippen molar-refractivity contribution in [3.05, 3.63) is 15.5 Å². The molecule has 0 radical (unpaired) electrons. The maximum Gasteiger partial charge on any atom is 0.113 e. The Balaban J connectivity index is 1.76. The zero-order chi connectivity index (χ0) is 11.4. The van der Waals surface area contributed by atoms with E-state index < -0.39 is 0 Å². The van der Waals surface area contributed by atoms with Gasteiger partial charge in [-0.3, -0.25) is 0 Å². The van der Waals surface area contributed by atoms with E-state index in [1.54, 1.807) is 17.5 Å². The Morgan fingerprint density at radius 1 is 1.50 bits per heavy atom. The van der Waals surface area contributed by atoms with Crippen LogP contribution < -0.4 is 5.32 Å². The van der Waals surface area contributed by atoms with E-state index in [0.29, 0.717) is 6.04 Å². The summed E-state index contributed by atoms with van der Waals surface area (Å²) in [6, 6.07) is 0.600. The molecule has 1 N–H and O–H groups in total. The summed E-state index contributed by atoms with van der Waals surface area (Å²) in [6.45, 7) is 3.15. The maximum atomic E-state index is 5.85. The SMILES string of the molecule is C[C@H](NCc1ncc(Cl)s1)C1CCCCC1. The summed E-state index contributed by atoms with van der Waals surface area (Å²) in [6.07, 6.45) is 8.72. The summed E-state index contributed by atoms with van der Waals surface area (Å²) in [5, 5.41) is 4.66. The molecule has 0 bridgehead atoms. The Morgan fingerprint density at radius 3 is 2.88 bits per heavy atom. The molecule has 0 amide bonds. The molecule has 0 spiro atoms. The number of hydrogen-bond donors (Lipinski definition) is 1. The minimum atomic E-state index is 0.600. The van der Waals surface area contributed by atoms with Gasteiger partial charge >= 0.3 is 0 Å². The van der Waals surface area contributed by atoms with Gasteiger partial charge in [-0.2, -0.15) is 0 Å². The van der Waals surface area contributed by atoms with Gasteiger partial charge in [-0.25, -0.2) is 4.98 Å². The lowest BCUT2D eigenvalue weighted by Gasteiger charge is -2.28. The van der Waals surface area contributed by atoms with Gasteiger partial charge in [0.2, 0.25) is 0 Å². The van der Waals surface area contributed by atoms with Gasteiger partial charge in [0.1, 0.15) is 9.34 Å². The fraction of sp³-hybridized carbons (Fsp3) is 0.750. The van der Waals surface area contributed by atoms with E-state index >= 15 is 0 Å². The van der Waals surface area contributed by atoms with Gasteiger partial charge in [0.25, 0.3) is 0 Å². The number of aromatic nitrogens is 1. The molecule has 1 saturated carbocycles. The summed E-state index contributed by atoms with van der Waals surface area (Å²) in [5.74, 6) is 0.851.